The van der Waals surface area contributed by atoms with Crippen LogP contribution in [0.1, 0.15) is 32.1 Å². The monoisotopic (exact) mass is 272 g/mol. The molecule has 0 radical (unpaired) electrons. The Morgan fingerprint density at radius 1 is 1.11 bits per heavy atom. The van der Waals surface area contributed by atoms with Crippen LogP contribution in [0.15, 0.2) is 0 Å². The number of nitrogens with one attached hydrogen (secondary N) is 1. The minimum absolute atomic E-state index is 0.238. The van der Waals surface area contributed by atoms with Crippen molar-refractivity contribution in [1.29, 1.82) is 0 Å². The smallest absolute Gasteiger partial charge is 0.236 e. The summed E-state index contributed by atoms with van der Waals surface area (Å²) in [5, 5.41) is 3.19. The second kappa shape index (κ2) is 11.2. The van der Waals surface area contributed by atoms with Crippen molar-refractivity contribution >= 4 is 5.91 Å². The van der Waals surface area contributed by atoms with Gasteiger partial charge in [-0.1, -0.05) is 12.8 Å². The number of ether oxygens (including phenoxy) is 2. The molecule has 0 atom stereocenters. The first kappa shape index (κ1) is 16.4. The molecule has 1 rings (SSSR count). The largest absolute Gasteiger partial charge is 0.382 e. The Hall–Kier alpha value is -0.650. The Morgan fingerprint density at radius 3 is 2.53 bits per heavy atom. The summed E-state index contributed by atoms with van der Waals surface area (Å²) in [7, 11) is 1.67. The number of rotatable bonds is 9. The van der Waals surface area contributed by atoms with Crippen LogP contribution in [0.2, 0.25) is 0 Å². The van der Waals surface area contributed by atoms with Gasteiger partial charge in [-0.3, -0.25) is 4.79 Å². The normalized spacial score (nSPS) is 16.4. The molecule has 0 aromatic rings. The molecular formula is C14H28N2O3. The first-order valence-electron chi connectivity index (χ1n) is 7.40. The standard InChI is InChI=1S/C14H28N2O3/c1-18-11-12-19-10-6-7-15-13-14(17)16-8-4-2-3-5-9-16/h15H,2-13H2,1H3. The summed E-state index contributed by atoms with van der Waals surface area (Å²) < 4.78 is 10.2. The number of carbonyl (C=O) groups excluding carboxylic acids is 1. The van der Waals surface area contributed by atoms with Crippen molar-refractivity contribution < 1.29 is 14.3 Å². The lowest BCUT2D eigenvalue weighted by Crippen LogP contribution is -2.39. The lowest BCUT2D eigenvalue weighted by molar-refractivity contribution is -0.130. The molecule has 0 spiro atoms. The molecule has 1 aliphatic heterocycles. The minimum Gasteiger partial charge on any atom is -0.382 e. The maximum Gasteiger partial charge on any atom is 0.236 e. The van der Waals surface area contributed by atoms with Gasteiger partial charge in [-0.2, -0.15) is 0 Å². The molecule has 0 bridgehead atoms. The Kier molecular flexibility index (Phi) is 9.67. The van der Waals surface area contributed by atoms with Gasteiger partial charge >= 0.3 is 0 Å². The molecule has 1 fully saturated rings. The van der Waals surface area contributed by atoms with E-state index in [1.165, 1.54) is 12.8 Å². The number of hydrogen-bond acceptors (Lipinski definition) is 4. The molecule has 5 nitrogen and oxygen atoms in total. The quantitative estimate of drug-likeness (QED) is 0.637. The van der Waals surface area contributed by atoms with Gasteiger partial charge in [-0.15, -0.1) is 0 Å². The Labute approximate surface area is 116 Å². The van der Waals surface area contributed by atoms with Crippen LogP contribution >= 0.6 is 0 Å². The van der Waals surface area contributed by atoms with E-state index in [4.69, 9.17) is 9.47 Å². The third kappa shape index (κ3) is 8.18. The molecule has 0 aromatic carbocycles. The van der Waals surface area contributed by atoms with Gasteiger partial charge in [0.25, 0.3) is 0 Å². The predicted molar refractivity (Wildman–Crippen MR) is 75.2 cm³/mol. The van der Waals surface area contributed by atoms with Crippen molar-refractivity contribution in [3.63, 3.8) is 0 Å². The fourth-order valence-electron chi connectivity index (χ4n) is 2.17. The van der Waals surface area contributed by atoms with Crippen LogP contribution in [0, 0.1) is 0 Å². The number of hydrogen-bond donors (Lipinski definition) is 1. The molecule has 1 N–H and O–H groups in total. The van der Waals surface area contributed by atoms with E-state index in [1.807, 2.05) is 4.90 Å². The zero-order valence-corrected chi connectivity index (χ0v) is 12.2. The van der Waals surface area contributed by atoms with Gasteiger partial charge in [0.1, 0.15) is 0 Å². The van der Waals surface area contributed by atoms with Crippen molar-refractivity contribution in [1.82, 2.24) is 10.2 Å². The van der Waals surface area contributed by atoms with Crippen LogP contribution in [-0.2, 0) is 14.3 Å². The van der Waals surface area contributed by atoms with E-state index < -0.39 is 0 Å². The average Bonchev–Trinajstić information content (AvgIpc) is 2.70. The van der Waals surface area contributed by atoms with Crippen LogP contribution in [0.4, 0.5) is 0 Å². The lowest BCUT2D eigenvalue weighted by atomic mass is 10.2. The van der Waals surface area contributed by atoms with Gasteiger partial charge in [-0.25, -0.2) is 0 Å². The number of methoxy groups -OCH3 is 1. The van der Waals surface area contributed by atoms with Crippen LogP contribution in [0.3, 0.4) is 0 Å². The number of likely N-dealkylation sites (tertiary alicyclic amines) is 1. The zero-order valence-electron chi connectivity index (χ0n) is 12.2. The van der Waals surface area contributed by atoms with Gasteiger partial charge in [0.15, 0.2) is 0 Å². The van der Waals surface area contributed by atoms with Gasteiger partial charge in [0.2, 0.25) is 5.91 Å². The molecule has 0 unspecified atom stereocenters. The summed E-state index contributed by atoms with van der Waals surface area (Å²) in [6.45, 7) is 5.14. The second-order valence-electron chi connectivity index (χ2n) is 4.93. The highest BCUT2D eigenvalue weighted by molar-refractivity contribution is 5.78. The minimum atomic E-state index is 0.238. The second-order valence-corrected chi connectivity index (χ2v) is 4.93. The predicted octanol–water partition coefficient (Wildman–Crippen LogP) is 1.03. The van der Waals surface area contributed by atoms with Crippen molar-refractivity contribution in [3.05, 3.63) is 0 Å². The van der Waals surface area contributed by atoms with E-state index >= 15 is 0 Å². The summed E-state index contributed by atoms with van der Waals surface area (Å²) in [6, 6.07) is 0. The summed E-state index contributed by atoms with van der Waals surface area (Å²) in [5.41, 5.74) is 0. The molecule has 19 heavy (non-hydrogen) atoms. The van der Waals surface area contributed by atoms with Crippen LogP contribution in [0.5, 0.6) is 0 Å². The van der Waals surface area contributed by atoms with Crippen molar-refractivity contribution in [2.75, 3.05) is 53.1 Å². The van der Waals surface area contributed by atoms with Crippen molar-refractivity contribution in [2.24, 2.45) is 0 Å². The summed E-state index contributed by atoms with van der Waals surface area (Å²) in [4.78, 5) is 13.9. The molecular weight excluding hydrogens is 244 g/mol. The van der Waals surface area contributed by atoms with Crippen LogP contribution < -0.4 is 5.32 Å². The fraction of sp³-hybridized carbons (Fsp3) is 0.929. The highest BCUT2D eigenvalue weighted by atomic mass is 16.5. The summed E-state index contributed by atoms with van der Waals surface area (Å²) >= 11 is 0. The van der Waals surface area contributed by atoms with E-state index in [9.17, 15) is 4.79 Å². The van der Waals surface area contributed by atoms with E-state index in [0.717, 1.165) is 38.9 Å². The van der Waals surface area contributed by atoms with Gasteiger partial charge < -0.3 is 19.7 Å². The molecule has 1 saturated heterocycles. The molecule has 1 heterocycles. The number of nitrogens with zero attached hydrogens (tertiary/aromatic N) is 1. The Morgan fingerprint density at radius 2 is 1.84 bits per heavy atom. The first-order valence-corrected chi connectivity index (χ1v) is 7.40. The van der Waals surface area contributed by atoms with Gasteiger partial charge in [-0.05, 0) is 25.8 Å². The van der Waals surface area contributed by atoms with Crippen molar-refractivity contribution in [3.8, 4) is 0 Å². The number of amides is 1. The first-order chi connectivity index (χ1) is 9.34. The summed E-state index contributed by atoms with van der Waals surface area (Å²) in [6.07, 6.45) is 5.75. The molecule has 1 aliphatic rings. The topological polar surface area (TPSA) is 50.8 Å². The third-order valence-electron chi connectivity index (χ3n) is 3.31. The zero-order chi connectivity index (χ0) is 13.8. The maximum atomic E-state index is 11.9. The van der Waals surface area contributed by atoms with Crippen molar-refractivity contribution in [2.45, 2.75) is 32.1 Å². The third-order valence-corrected chi connectivity index (χ3v) is 3.31. The van der Waals surface area contributed by atoms with E-state index in [0.29, 0.717) is 26.4 Å². The lowest BCUT2D eigenvalue weighted by Gasteiger charge is -2.20. The molecule has 5 heteroatoms. The highest BCUT2D eigenvalue weighted by Crippen LogP contribution is 2.09. The average molecular weight is 272 g/mol. The van der Waals surface area contributed by atoms with Gasteiger partial charge in [0, 0.05) is 26.8 Å². The van der Waals surface area contributed by atoms with E-state index in [2.05, 4.69) is 5.32 Å². The molecule has 0 aliphatic carbocycles. The van der Waals surface area contributed by atoms with Gasteiger partial charge in [0.05, 0.1) is 19.8 Å². The van der Waals surface area contributed by atoms with Crippen LogP contribution in [0.25, 0.3) is 0 Å². The summed E-state index contributed by atoms with van der Waals surface area (Å²) in [5.74, 6) is 0.238. The fourth-order valence-corrected chi connectivity index (χ4v) is 2.17. The Balaban J connectivity index is 1.94. The molecule has 1 amide bonds. The van der Waals surface area contributed by atoms with E-state index in [1.54, 1.807) is 7.11 Å². The maximum absolute atomic E-state index is 11.9. The SMILES string of the molecule is COCCOCCCNCC(=O)N1CCCCCC1. The Bertz CT molecular complexity index is 229. The molecule has 112 valence electrons. The molecule has 0 saturated carbocycles. The van der Waals surface area contributed by atoms with E-state index in [-0.39, 0.29) is 5.91 Å². The van der Waals surface area contributed by atoms with Crippen LogP contribution in [-0.4, -0.2) is 63.9 Å². The number of carbonyl (C=O) groups is 1. The highest BCUT2D eigenvalue weighted by Gasteiger charge is 2.14. The molecule has 0 aromatic heterocycles.